The van der Waals surface area contributed by atoms with Crippen LogP contribution in [0.2, 0.25) is 0 Å². The summed E-state index contributed by atoms with van der Waals surface area (Å²) in [6.45, 7) is 3.46. The van der Waals surface area contributed by atoms with E-state index in [4.69, 9.17) is 5.73 Å². The van der Waals surface area contributed by atoms with Gasteiger partial charge >= 0.3 is 0 Å². The summed E-state index contributed by atoms with van der Waals surface area (Å²) in [4.78, 5) is 0. The first-order valence-corrected chi connectivity index (χ1v) is 2.26. The second kappa shape index (κ2) is 3.81. The van der Waals surface area contributed by atoms with E-state index in [-0.39, 0.29) is 6.54 Å². The fourth-order valence-electron chi connectivity index (χ4n) is 0.277. The lowest BCUT2D eigenvalue weighted by Crippen LogP contribution is -2.13. The molecule has 0 aromatic heterocycles. The Kier molecular flexibility index (Phi) is 3.61. The molecule has 0 saturated heterocycles. The first-order chi connectivity index (χ1) is 3.31. The minimum Gasteiger partial charge on any atom is -0.328 e. The van der Waals surface area contributed by atoms with Crippen molar-refractivity contribution in [2.75, 3.05) is 6.54 Å². The third-order valence-corrected chi connectivity index (χ3v) is 0.678. The van der Waals surface area contributed by atoms with Gasteiger partial charge in [-0.25, -0.2) is 4.39 Å². The van der Waals surface area contributed by atoms with Crippen LogP contribution in [-0.4, -0.2) is 12.7 Å². The highest BCUT2D eigenvalue weighted by molar-refractivity contribution is 4.72. The molecule has 0 radical (unpaired) electrons. The zero-order valence-corrected chi connectivity index (χ0v) is 4.23. The summed E-state index contributed by atoms with van der Waals surface area (Å²) in [6, 6.07) is 0. The van der Waals surface area contributed by atoms with E-state index in [0.29, 0.717) is 6.42 Å². The van der Waals surface area contributed by atoms with Crippen LogP contribution in [0.1, 0.15) is 6.42 Å². The summed E-state index contributed by atoms with van der Waals surface area (Å²) in [5, 5.41) is 0. The Morgan fingerprint density at radius 3 is 2.57 bits per heavy atom. The molecule has 0 heterocycles. The van der Waals surface area contributed by atoms with Crippen molar-refractivity contribution in [1.29, 1.82) is 0 Å². The Hall–Kier alpha value is -0.370. The lowest BCUT2D eigenvalue weighted by Gasteiger charge is -1.95. The summed E-state index contributed by atoms with van der Waals surface area (Å²) in [7, 11) is 0. The number of allylic oxidation sites excluding steroid dienone is 1. The van der Waals surface area contributed by atoms with Gasteiger partial charge in [-0.2, -0.15) is 0 Å². The molecule has 1 nitrogen and oxygen atoms in total. The van der Waals surface area contributed by atoms with E-state index in [1.54, 1.807) is 0 Å². The summed E-state index contributed by atoms with van der Waals surface area (Å²) < 4.78 is 11.9. The molecule has 0 saturated carbocycles. The molecule has 0 fully saturated rings. The topological polar surface area (TPSA) is 26.0 Å². The van der Waals surface area contributed by atoms with Crippen LogP contribution in [0, 0.1) is 0 Å². The van der Waals surface area contributed by atoms with Gasteiger partial charge in [-0.1, -0.05) is 6.08 Å². The molecule has 0 spiro atoms. The molecule has 0 aromatic rings. The van der Waals surface area contributed by atoms with Gasteiger partial charge in [-0.3, -0.25) is 0 Å². The molecule has 1 atom stereocenters. The van der Waals surface area contributed by atoms with Crippen molar-refractivity contribution in [2.45, 2.75) is 12.6 Å². The number of hydrogen-bond acceptors (Lipinski definition) is 1. The highest BCUT2D eigenvalue weighted by Gasteiger charge is 1.96. The molecule has 0 amide bonds. The molecule has 0 aromatic carbocycles. The molecule has 0 aliphatic rings. The monoisotopic (exact) mass is 103 g/mol. The fraction of sp³-hybridized carbons (Fsp3) is 0.600. The minimum atomic E-state index is -0.891. The second-order valence-electron chi connectivity index (χ2n) is 1.36. The van der Waals surface area contributed by atoms with Crippen molar-refractivity contribution < 1.29 is 4.39 Å². The van der Waals surface area contributed by atoms with E-state index in [1.165, 1.54) is 6.08 Å². The molecule has 0 unspecified atom stereocenters. The molecule has 7 heavy (non-hydrogen) atoms. The van der Waals surface area contributed by atoms with Crippen molar-refractivity contribution >= 4 is 0 Å². The quantitative estimate of drug-likeness (QED) is 0.527. The van der Waals surface area contributed by atoms with Crippen LogP contribution < -0.4 is 5.73 Å². The Bertz CT molecular complexity index is 54.0. The molecule has 2 N–H and O–H groups in total. The number of nitrogens with two attached hydrogens (primary N) is 1. The van der Waals surface area contributed by atoms with Crippen LogP contribution in [0.25, 0.3) is 0 Å². The Morgan fingerprint density at radius 2 is 2.43 bits per heavy atom. The smallest absolute Gasteiger partial charge is 0.116 e. The molecule has 0 rings (SSSR count). The molecule has 0 bridgehead atoms. The fourth-order valence-corrected chi connectivity index (χ4v) is 0.277. The Balaban J connectivity index is 2.98. The van der Waals surface area contributed by atoms with Crippen LogP contribution in [-0.2, 0) is 0 Å². The number of alkyl halides is 1. The maximum Gasteiger partial charge on any atom is 0.116 e. The zero-order chi connectivity index (χ0) is 5.70. The Morgan fingerprint density at radius 1 is 1.86 bits per heavy atom. The summed E-state index contributed by atoms with van der Waals surface area (Å²) in [5.74, 6) is 0. The van der Waals surface area contributed by atoms with E-state index >= 15 is 0 Å². The first-order valence-electron chi connectivity index (χ1n) is 2.26. The first kappa shape index (κ1) is 6.63. The van der Waals surface area contributed by atoms with Gasteiger partial charge in [0.15, 0.2) is 0 Å². The maximum atomic E-state index is 11.9. The van der Waals surface area contributed by atoms with Crippen LogP contribution in [0.15, 0.2) is 12.7 Å². The molecular weight excluding hydrogens is 93.1 g/mol. The van der Waals surface area contributed by atoms with E-state index in [0.717, 1.165) is 0 Å². The normalized spacial score (nSPS) is 13.4. The van der Waals surface area contributed by atoms with Gasteiger partial charge in [-0.05, 0) is 6.42 Å². The summed E-state index contributed by atoms with van der Waals surface area (Å²) in [5.41, 5.74) is 4.94. The van der Waals surface area contributed by atoms with Gasteiger partial charge in [-0.15, -0.1) is 6.58 Å². The average Bonchev–Trinajstić information content (AvgIpc) is 1.68. The van der Waals surface area contributed by atoms with Crippen LogP contribution in [0.3, 0.4) is 0 Å². The third-order valence-electron chi connectivity index (χ3n) is 0.678. The third kappa shape index (κ3) is 3.46. The maximum absolute atomic E-state index is 11.9. The standard InChI is InChI=1S/C5H10FN/c1-2-3-5(6)4-7/h2,5H,1,3-4,7H2/t5-/m0/s1. The van der Waals surface area contributed by atoms with Gasteiger partial charge < -0.3 is 5.73 Å². The molecule has 0 aliphatic heterocycles. The average molecular weight is 103 g/mol. The van der Waals surface area contributed by atoms with E-state index in [2.05, 4.69) is 6.58 Å². The van der Waals surface area contributed by atoms with Crippen LogP contribution >= 0.6 is 0 Å². The SMILES string of the molecule is C=CC[C@H](F)CN. The van der Waals surface area contributed by atoms with Gasteiger partial charge in [0.2, 0.25) is 0 Å². The zero-order valence-electron chi connectivity index (χ0n) is 4.23. The van der Waals surface area contributed by atoms with Crippen molar-refractivity contribution in [3.05, 3.63) is 12.7 Å². The van der Waals surface area contributed by atoms with Crippen LogP contribution in [0.5, 0.6) is 0 Å². The lowest BCUT2D eigenvalue weighted by atomic mass is 10.3. The van der Waals surface area contributed by atoms with E-state index in [1.807, 2.05) is 0 Å². The van der Waals surface area contributed by atoms with Gasteiger partial charge in [0, 0.05) is 6.54 Å². The minimum absolute atomic E-state index is 0.103. The lowest BCUT2D eigenvalue weighted by molar-refractivity contribution is 0.345. The number of hydrogen-bond donors (Lipinski definition) is 1. The highest BCUT2D eigenvalue weighted by atomic mass is 19.1. The predicted molar refractivity (Wildman–Crippen MR) is 28.8 cm³/mol. The van der Waals surface area contributed by atoms with Gasteiger partial charge in [0.1, 0.15) is 6.17 Å². The van der Waals surface area contributed by atoms with Crippen molar-refractivity contribution in [3.8, 4) is 0 Å². The highest BCUT2D eigenvalue weighted by Crippen LogP contribution is 1.93. The molecular formula is C5H10FN. The summed E-state index contributed by atoms with van der Waals surface area (Å²) >= 11 is 0. The Labute approximate surface area is 43.0 Å². The van der Waals surface area contributed by atoms with E-state index < -0.39 is 6.17 Å². The number of halogens is 1. The van der Waals surface area contributed by atoms with Gasteiger partial charge in [0.25, 0.3) is 0 Å². The molecule has 2 heteroatoms. The predicted octanol–water partition coefficient (Wildman–Crippen LogP) is 0.859. The largest absolute Gasteiger partial charge is 0.328 e. The van der Waals surface area contributed by atoms with Crippen LogP contribution in [0.4, 0.5) is 4.39 Å². The molecule has 42 valence electrons. The summed E-state index contributed by atoms with van der Waals surface area (Å²) in [6.07, 6.45) is 1.01. The van der Waals surface area contributed by atoms with Gasteiger partial charge in [0.05, 0.1) is 0 Å². The van der Waals surface area contributed by atoms with Crippen molar-refractivity contribution in [1.82, 2.24) is 0 Å². The number of rotatable bonds is 3. The van der Waals surface area contributed by atoms with Crippen molar-refractivity contribution in [2.24, 2.45) is 5.73 Å². The van der Waals surface area contributed by atoms with E-state index in [9.17, 15) is 4.39 Å². The van der Waals surface area contributed by atoms with Crippen molar-refractivity contribution in [3.63, 3.8) is 0 Å². The second-order valence-corrected chi connectivity index (χ2v) is 1.36. The molecule has 0 aliphatic carbocycles.